The molecule has 3 N–H and O–H groups in total. The number of halogens is 1. The number of guanidine groups is 1. The highest BCUT2D eigenvalue weighted by Gasteiger charge is 2.13. The van der Waals surface area contributed by atoms with Gasteiger partial charge in [-0.2, -0.15) is 0 Å². The van der Waals surface area contributed by atoms with E-state index in [4.69, 9.17) is 16.1 Å². The molecule has 0 aliphatic heterocycles. The third-order valence-electron chi connectivity index (χ3n) is 4.53. The van der Waals surface area contributed by atoms with Gasteiger partial charge in [0.05, 0.1) is 12.2 Å². The summed E-state index contributed by atoms with van der Waals surface area (Å²) in [7, 11) is 0. The monoisotopic (exact) mass is 419 g/mol. The van der Waals surface area contributed by atoms with Crippen LogP contribution in [0.1, 0.15) is 49.8 Å². The summed E-state index contributed by atoms with van der Waals surface area (Å²) in [6, 6.07) is 5.46. The predicted molar refractivity (Wildman–Crippen MR) is 118 cm³/mol. The standard InChI is InChI=1S/C21H30ClN5O2/c1-5-17-15(19(6-2)29-27-17)13-25-21(23-7-3)24-12-11-20(28)26-18-10-8-9-16(22)14(18)4/h8-10H,5-7,11-13H2,1-4H3,(H,26,28)(H2,23,24,25). The van der Waals surface area contributed by atoms with E-state index < -0.39 is 0 Å². The lowest BCUT2D eigenvalue weighted by Gasteiger charge is -2.12. The third kappa shape index (κ3) is 6.49. The number of hydrogen-bond donors (Lipinski definition) is 3. The molecule has 1 amide bonds. The number of aryl methyl sites for hydroxylation is 2. The van der Waals surface area contributed by atoms with E-state index in [1.165, 1.54) is 0 Å². The van der Waals surface area contributed by atoms with Gasteiger partial charge >= 0.3 is 0 Å². The van der Waals surface area contributed by atoms with Crippen LogP contribution in [0.3, 0.4) is 0 Å². The fraction of sp³-hybridized carbons (Fsp3) is 0.476. The molecule has 158 valence electrons. The zero-order valence-electron chi connectivity index (χ0n) is 17.6. The molecule has 0 radical (unpaired) electrons. The number of aromatic nitrogens is 1. The summed E-state index contributed by atoms with van der Waals surface area (Å²) in [6.45, 7) is 9.64. The third-order valence-corrected chi connectivity index (χ3v) is 4.94. The largest absolute Gasteiger partial charge is 0.361 e. The number of nitrogens with one attached hydrogen (secondary N) is 3. The molecule has 0 bridgehead atoms. The first-order valence-corrected chi connectivity index (χ1v) is 10.4. The number of amides is 1. The Morgan fingerprint density at radius 1 is 1.21 bits per heavy atom. The molecule has 0 atom stereocenters. The van der Waals surface area contributed by atoms with Crippen LogP contribution in [-0.2, 0) is 24.2 Å². The van der Waals surface area contributed by atoms with Crippen LogP contribution in [0.5, 0.6) is 0 Å². The fourth-order valence-corrected chi connectivity index (χ4v) is 3.04. The first-order chi connectivity index (χ1) is 14.0. The zero-order chi connectivity index (χ0) is 21.2. The Kier molecular flexibility index (Phi) is 8.99. The molecule has 8 heteroatoms. The second kappa shape index (κ2) is 11.5. The van der Waals surface area contributed by atoms with Crippen LogP contribution >= 0.6 is 11.6 Å². The van der Waals surface area contributed by atoms with Crippen LogP contribution < -0.4 is 16.0 Å². The Bertz CT molecular complexity index is 826. The predicted octanol–water partition coefficient (Wildman–Crippen LogP) is 3.85. The summed E-state index contributed by atoms with van der Waals surface area (Å²) in [5.41, 5.74) is 3.58. The second-order valence-corrected chi connectivity index (χ2v) is 6.98. The lowest BCUT2D eigenvalue weighted by Crippen LogP contribution is -2.38. The first-order valence-electron chi connectivity index (χ1n) is 10.0. The van der Waals surface area contributed by atoms with Crippen molar-refractivity contribution in [3.8, 4) is 0 Å². The molecular formula is C21H30ClN5O2. The van der Waals surface area contributed by atoms with Gasteiger partial charge in [0, 0.05) is 42.2 Å². The zero-order valence-corrected chi connectivity index (χ0v) is 18.3. The Hall–Kier alpha value is -2.54. The maximum atomic E-state index is 12.3. The Labute approximate surface area is 177 Å². The summed E-state index contributed by atoms with van der Waals surface area (Å²) in [4.78, 5) is 16.9. The van der Waals surface area contributed by atoms with E-state index in [0.717, 1.165) is 47.7 Å². The van der Waals surface area contributed by atoms with Crippen molar-refractivity contribution < 1.29 is 9.32 Å². The average Bonchev–Trinajstić information content (AvgIpc) is 3.11. The van der Waals surface area contributed by atoms with Gasteiger partial charge in [0.15, 0.2) is 5.96 Å². The summed E-state index contributed by atoms with van der Waals surface area (Å²) in [5.74, 6) is 1.45. The number of nitrogens with zero attached hydrogens (tertiary/aromatic N) is 2. The quantitative estimate of drug-likeness (QED) is 0.424. The molecule has 0 saturated carbocycles. The molecule has 7 nitrogen and oxygen atoms in total. The van der Waals surface area contributed by atoms with Crippen LogP contribution in [0.4, 0.5) is 5.69 Å². The van der Waals surface area contributed by atoms with E-state index >= 15 is 0 Å². The number of aliphatic imine (C=N–C) groups is 1. The Balaban J connectivity index is 1.92. The van der Waals surface area contributed by atoms with Crippen LogP contribution in [0.15, 0.2) is 27.7 Å². The van der Waals surface area contributed by atoms with Crippen LogP contribution in [-0.4, -0.2) is 30.1 Å². The molecule has 1 heterocycles. The van der Waals surface area contributed by atoms with Gasteiger partial charge in [-0.3, -0.25) is 4.79 Å². The maximum Gasteiger partial charge on any atom is 0.226 e. The highest BCUT2D eigenvalue weighted by atomic mass is 35.5. The van der Waals surface area contributed by atoms with E-state index in [0.29, 0.717) is 30.5 Å². The molecular weight excluding hydrogens is 390 g/mol. The molecule has 0 saturated heterocycles. The SMILES string of the molecule is CCNC(=NCc1c(CC)noc1CC)NCCC(=O)Nc1cccc(Cl)c1C. The lowest BCUT2D eigenvalue weighted by atomic mass is 10.1. The van der Waals surface area contributed by atoms with Gasteiger partial charge in [0.2, 0.25) is 5.91 Å². The van der Waals surface area contributed by atoms with Gasteiger partial charge in [-0.15, -0.1) is 0 Å². The number of benzene rings is 1. The van der Waals surface area contributed by atoms with Gasteiger partial charge in [-0.25, -0.2) is 4.99 Å². The molecule has 1 aromatic heterocycles. The molecule has 0 spiro atoms. The summed E-state index contributed by atoms with van der Waals surface area (Å²) in [6.07, 6.45) is 1.90. The molecule has 0 aliphatic carbocycles. The number of rotatable bonds is 9. The summed E-state index contributed by atoms with van der Waals surface area (Å²) in [5, 5.41) is 14.1. The van der Waals surface area contributed by atoms with Crippen LogP contribution in [0.25, 0.3) is 0 Å². The van der Waals surface area contributed by atoms with Gasteiger partial charge in [-0.1, -0.05) is 36.7 Å². The second-order valence-electron chi connectivity index (χ2n) is 6.57. The summed E-state index contributed by atoms with van der Waals surface area (Å²) < 4.78 is 5.39. The fourth-order valence-electron chi connectivity index (χ4n) is 2.87. The van der Waals surface area contributed by atoms with Gasteiger partial charge in [0.25, 0.3) is 0 Å². The van der Waals surface area contributed by atoms with Crippen LogP contribution in [0.2, 0.25) is 5.02 Å². The van der Waals surface area contributed by atoms with Crippen molar-refractivity contribution in [1.82, 2.24) is 15.8 Å². The van der Waals surface area contributed by atoms with E-state index in [9.17, 15) is 4.79 Å². The van der Waals surface area contributed by atoms with E-state index in [1.54, 1.807) is 6.07 Å². The van der Waals surface area contributed by atoms with Gasteiger partial charge in [-0.05, 0) is 38.0 Å². The number of hydrogen-bond acceptors (Lipinski definition) is 4. The van der Waals surface area contributed by atoms with Crippen molar-refractivity contribution >= 4 is 29.2 Å². The number of carbonyl (C=O) groups excluding carboxylic acids is 1. The number of carbonyl (C=O) groups is 1. The average molecular weight is 420 g/mol. The van der Waals surface area contributed by atoms with Crippen LogP contribution in [0, 0.1) is 6.92 Å². The van der Waals surface area contributed by atoms with E-state index in [-0.39, 0.29) is 5.91 Å². The van der Waals surface area contributed by atoms with Crippen molar-refractivity contribution in [3.05, 3.63) is 45.8 Å². The van der Waals surface area contributed by atoms with Crippen molar-refractivity contribution in [3.63, 3.8) is 0 Å². The molecule has 0 unspecified atom stereocenters. The topological polar surface area (TPSA) is 91.6 Å². The molecule has 0 aliphatic rings. The highest BCUT2D eigenvalue weighted by molar-refractivity contribution is 6.31. The molecule has 0 fully saturated rings. The molecule has 2 aromatic rings. The van der Waals surface area contributed by atoms with E-state index in [1.807, 2.05) is 39.8 Å². The molecule has 2 rings (SSSR count). The molecule has 29 heavy (non-hydrogen) atoms. The summed E-state index contributed by atoms with van der Waals surface area (Å²) >= 11 is 6.10. The smallest absolute Gasteiger partial charge is 0.226 e. The minimum Gasteiger partial charge on any atom is -0.361 e. The van der Waals surface area contributed by atoms with Crippen molar-refractivity contribution in [2.75, 3.05) is 18.4 Å². The van der Waals surface area contributed by atoms with Crippen molar-refractivity contribution in [2.45, 2.75) is 53.5 Å². The highest BCUT2D eigenvalue weighted by Crippen LogP contribution is 2.23. The van der Waals surface area contributed by atoms with Gasteiger partial charge < -0.3 is 20.5 Å². The van der Waals surface area contributed by atoms with Crippen molar-refractivity contribution in [1.29, 1.82) is 0 Å². The lowest BCUT2D eigenvalue weighted by molar-refractivity contribution is -0.116. The normalized spacial score (nSPS) is 11.4. The Morgan fingerprint density at radius 3 is 2.69 bits per heavy atom. The van der Waals surface area contributed by atoms with E-state index in [2.05, 4.69) is 26.1 Å². The number of anilines is 1. The molecule has 1 aromatic carbocycles. The maximum absolute atomic E-state index is 12.3. The minimum atomic E-state index is -0.0840. The Morgan fingerprint density at radius 2 is 2.00 bits per heavy atom. The van der Waals surface area contributed by atoms with Crippen molar-refractivity contribution in [2.24, 2.45) is 4.99 Å². The minimum absolute atomic E-state index is 0.0840. The van der Waals surface area contributed by atoms with Gasteiger partial charge in [0.1, 0.15) is 5.76 Å². The first kappa shape index (κ1) is 22.7.